The van der Waals surface area contributed by atoms with E-state index in [9.17, 15) is 4.79 Å². The highest BCUT2D eigenvalue weighted by Crippen LogP contribution is 2.32. The van der Waals surface area contributed by atoms with E-state index >= 15 is 0 Å². The maximum Gasteiger partial charge on any atom is 0.234 e. The highest BCUT2D eigenvalue weighted by Gasteiger charge is 2.31. The molecule has 0 saturated heterocycles. The van der Waals surface area contributed by atoms with Gasteiger partial charge in [-0.1, -0.05) is 26.0 Å². The summed E-state index contributed by atoms with van der Waals surface area (Å²) in [5.41, 5.74) is 2.11. The molecule has 0 heterocycles. The van der Waals surface area contributed by atoms with Crippen molar-refractivity contribution in [2.75, 3.05) is 27.9 Å². The van der Waals surface area contributed by atoms with Crippen molar-refractivity contribution in [1.29, 1.82) is 0 Å². The first-order valence-electron chi connectivity index (χ1n) is 10.8. The van der Waals surface area contributed by atoms with E-state index < -0.39 is 0 Å². The maximum absolute atomic E-state index is 13.0. The number of carbonyl (C=O) groups is 1. The first kappa shape index (κ1) is 22.9. The summed E-state index contributed by atoms with van der Waals surface area (Å²) in [6.45, 7) is 5.24. The number of carbonyl (C=O) groups excluding carboxylic acids is 1. The van der Waals surface area contributed by atoms with Crippen molar-refractivity contribution in [3.05, 3.63) is 53.6 Å². The molecule has 1 saturated carbocycles. The number of amides is 1. The third kappa shape index (κ3) is 6.14. The average molecular weight is 427 g/mol. The Morgan fingerprint density at radius 2 is 1.65 bits per heavy atom. The molecule has 31 heavy (non-hydrogen) atoms. The van der Waals surface area contributed by atoms with Gasteiger partial charge in [0, 0.05) is 18.2 Å². The molecule has 1 N–H and O–H groups in total. The Morgan fingerprint density at radius 1 is 1.00 bits per heavy atom. The fourth-order valence-corrected chi connectivity index (χ4v) is 3.83. The van der Waals surface area contributed by atoms with Crippen molar-refractivity contribution >= 4 is 5.91 Å². The standard InChI is InChI=1S/C25H34N2O4/c1-17(2)25(18-6-10-21(29-3)11-7-18)26-24(28)16-27(20-8-9-20)15-19-14-22(30-4)12-13-23(19)31-5/h6-7,10-14,17,20,25H,8-9,15-16H2,1-5H3,(H,26,28). The molecule has 168 valence electrons. The van der Waals surface area contributed by atoms with Crippen LogP contribution in [0, 0.1) is 5.92 Å². The van der Waals surface area contributed by atoms with Crippen LogP contribution in [0.1, 0.15) is 43.9 Å². The van der Waals surface area contributed by atoms with Crippen molar-refractivity contribution in [2.45, 2.75) is 45.3 Å². The number of benzene rings is 2. The van der Waals surface area contributed by atoms with Crippen LogP contribution in [0.15, 0.2) is 42.5 Å². The Labute approximate surface area is 185 Å². The van der Waals surface area contributed by atoms with E-state index in [4.69, 9.17) is 14.2 Å². The van der Waals surface area contributed by atoms with E-state index in [0.717, 1.165) is 41.2 Å². The van der Waals surface area contributed by atoms with Gasteiger partial charge in [0.05, 0.1) is 33.9 Å². The SMILES string of the molecule is COc1ccc(C(NC(=O)CN(Cc2cc(OC)ccc2OC)C2CC2)C(C)C)cc1. The summed E-state index contributed by atoms with van der Waals surface area (Å²) < 4.78 is 16.2. The minimum absolute atomic E-state index is 0.0308. The summed E-state index contributed by atoms with van der Waals surface area (Å²) >= 11 is 0. The van der Waals surface area contributed by atoms with E-state index in [2.05, 4.69) is 24.1 Å². The summed E-state index contributed by atoms with van der Waals surface area (Å²) in [6.07, 6.45) is 2.23. The first-order chi connectivity index (χ1) is 14.9. The summed E-state index contributed by atoms with van der Waals surface area (Å²) in [5.74, 6) is 2.71. The molecule has 1 fully saturated rings. The van der Waals surface area contributed by atoms with Crippen LogP contribution in [0.4, 0.5) is 0 Å². The lowest BCUT2D eigenvalue weighted by molar-refractivity contribution is -0.123. The predicted molar refractivity (Wildman–Crippen MR) is 122 cm³/mol. The molecular formula is C25H34N2O4. The monoisotopic (exact) mass is 426 g/mol. The predicted octanol–water partition coefficient (Wildman–Crippen LogP) is 4.19. The van der Waals surface area contributed by atoms with Gasteiger partial charge in [-0.15, -0.1) is 0 Å². The molecule has 1 amide bonds. The van der Waals surface area contributed by atoms with Crippen LogP contribution in [0.25, 0.3) is 0 Å². The lowest BCUT2D eigenvalue weighted by Crippen LogP contribution is -2.41. The Bertz CT molecular complexity index is 862. The zero-order valence-corrected chi connectivity index (χ0v) is 19.2. The molecule has 6 heteroatoms. The largest absolute Gasteiger partial charge is 0.497 e. The Balaban J connectivity index is 1.70. The zero-order valence-electron chi connectivity index (χ0n) is 19.2. The molecule has 3 rings (SSSR count). The van der Waals surface area contributed by atoms with E-state index in [-0.39, 0.29) is 17.9 Å². The Hall–Kier alpha value is -2.73. The second kappa shape index (κ2) is 10.5. The molecule has 0 spiro atoms. The summed E-state index contributed by atoms with van der Waals surface area (Å²) in [4.78, 5) is 15.3. The minimum atomic E-state index is -0.0502. The molecule has 1 aliphatic rings. The number of hydrogen-bond donors (Lipinski definition) is 1. The molecule has 2 aromatic rings. The minimum Gasteiger partial charge on any atom is -0.497 e. The molecule has 0 aromatic heterocycles. The first-order valence-corrected chi connectivity index (χ1v) is 10.8. The summed E-state index contributed by atoms with van der Waals surface area (Å²) in [5, 5.41) is 3.24. The third-order valence-corrected chi connectivity index (χ3v) is 5.73. The lowest BCUT2D eigenvalue weighted by atomic mass is 9.96. The second-order valence-corrected chi connectivity index (χ2v) is 8.38. The Morgan fingerprint density at radius 3 is 2.19 bits per heavy atom. The number of rotatable bonds is 11. The molecule has 0 radical (unpaired) electrons. The third-order valence-electron chi connectivity index (χ3n) is 5.73. The van der Waals surface area contributed by atoms with Crippen molar-refractivity contribution < 1.29 is 19.0 Å². The van der Waals surface area contributed by atoms with Crippen LogP contribution in [0.5, 0.6) is 17.2 Å². The van der Waals surface area contributed by atoms with Gasteiger partial charge in [-0.3, -0.25) is 9.69 Å². The van der Waals surface area contributed by atoms with Crippen LogP contribution in [-0.2, 0) is 11.3 Å². The van der Waals surface area contributed by atoms with E-state index in [1.807, 2.05) is 42.5 Å². The summed E-state index contributed by atoms with van der Waals surface area (Å²) in [6, 6.07) is 14.1. The topological polar surface area (TPSA) is 60.0 Å². The maximum atomic E-state index is 13.0. The highest BCUT2D eigenvalue weighted by atomic mass is 16.5. The normalized spacial score (nSPS) is 14.4. The lowest BCUT2D eigenvalue weighted by Gasteiger charge is -2.27. The number of nitrogens with zero attached hydrogens (tertiary/aromatic N) is 1. The van der Waals surface area contributed by atoms with Gasteiger partial charge < -0.3 is 19.5 Å². The van der Waals surface area contributed by atoms with Crippen molar-refractivity contribution in [1.82, 2.24) is 10.2 Å². The molecule has 0 aliphatic heterocycles. The van der Waals surface area contributed by atoms with Crippen LogP contribution in [0.3, 0.4) is 0 Å². The molecule has 2 aromatic carbocycles. The van der Waals surface area contributed by atoms with E-state index in [1.54, 1.807) is 21.3 Å². The van der Waals surface area contributed by atoms with Gasteiger partial charge in [0.15, 0.2) is 0 Å². The second-order valence-electron chi connectivity index (χ2n) is 8.38. The van der Waals surface area contributed by atoms with Gasteiger partial charge in [-0.25, -0.2) is 0 Å². The van der Waals surface area contributed by atoms with E-state index in [0.29, 0.717) is 19.1 Å². The zero-order chi connectivity index (χ0) is 22.4. The van der Waals surface area contributed by atoms with Gasteiger partial charge in [0.2, 0.25) is 5.91 Å². The highest BCUT2D eigenvalue weighted by molar-refractivity contribution is 5.78. The fourth-order valence-electron chi connectivity index (χ4n) is 3.83. The van der Waals surface area contributed by atoms with Crippen molar-refractivity contribution in [2.24, 2.45) is 5.92 Å². The van der Waals surface area contributed by atoms with Gasteiger partial charge in [0.1, 0.15) is 17.2 Å². The number of hydrogen-bond acceptors (Lipinski definition) is 5. The molecule has 0 bridgehead atoms. The van der Waals surface area contributed by atoms with Gasteiger partial charge in [0.25, 0.3) is 0 Å². The van der Waals surface area contributed by atoms with Crippen molar-refractivity contribution in [3.63, 3.8) is 0 Å². The summed E-state index contributed by atoms with van der Waals surface area (Å²) in [7, 11) is 4.98. The molecular weight excluding hydrogens is 392 g/mol. The molecule has 1 atom stereocenters. The smallest absolute Gasteiger partial charge is 0.234 e. The van der Waals surface area contributed by atoms with Crippen LogP contribution < -0.4 is 19.5 Å². The van der Waals surface area contributed by atoms with Gasteiger partial charge in [-0.05, 0) is 54.7 Å². The Kier molecular flexibility index (Phi) is 7.80. The number of nitrogens with one attached hydrogen (secondary N) is 1. The molecule has 6 nitrogen and oxygen atoms in total. The van der Waals surface area contributed by atoms with Crippen molar-refractivity contribution in [3.8, 4) is 17.2 Å². The quantitative estimate of drug-likeness (QED) is 0.584. The fraction of sp³-hybridized carbons (Fsp3) is 0.480. The number of methoxy groups -OCH3 is 3. The molecule has 1 unspecified atom stereocenters. The van der Waals surface area contributed by atoms with Gasteiger partial charge in [-0.2, -0.15) is 0 Å². The number of ether oxygens (including phenoxy) is 3. The average Bonchev–Trinajstić information content (AvgIpc) is 3.62. The van der Waals surface area contributed by atoms with E-state index in [1.165, 1.54) is 0 Å². The van der Waals surface area contributed by atoms with Crippen LogP contribution in [-0.4, -0.2) is 44.7 Å². The van der Waals surface area contributed by atoms with Gasteiger partial charge >= 0.3 is 0 Å². The van der Waals surface area contributed by atoms with Crippen LogP contribution >= 0.6 is 0 Å². The van der Waals surface area contributed by atoms with Crippen LogP contribution in [0.2, 0.25) is 0 Å². The molecule has 1 aliphatic carbocycles.